The van der Waals surface area contributed by atoms with Gasteiger partial charge < -0.3 is 15.2 Å². The summed E-state index contributed by atoms with van der Waals surface area (Å²) in [7, 11) is 1.56. The highest BCUT2D eigenvalue weighted by atomic mass is 19.4. The predicted octanol–water partition coefficient (Wildman–Crippen LogP) is 4.96. The number of aliphatic hydroxyl groups excluding tert-OH is 1. The summed E-state index contributed by atoms with van der Waals surface area (Å²) in [5, 5.41) is 13.7. The monoisotopic (exact) mass is 444 g/mol. The van der Waals surface area contributed by atoms with E-state index in [0.717, 1.165) is 11.1 Å². The van der Waals surface area contributed by atoms with E-state index in [1.807, 2.05) is 49.4 Å². The fourth-order valence-electron chi connectivity index (χ4n) is 3.53. The van der Waals surface area contributed by atoms with Gasteiger partial charge in [-0.2, -0.15) is 13.2 Å². The van der Waals surface area contributed by atoms with Crippen LogP contribution in [0.1, 0.15) is 28.5 Å². The predicted molar refractivity (Wildman–Crippen MR) is 118 cm³/mol. The van der Waals surface area contributed by atoms with Crippen LogP contribution in [0.2, 0.25) is 0 Å². The van der Waals surface area contributed by atoms with Gasteiger partial charge in [-0.25, -0.2) is 4.98 Å². The van der Waals surface area contributed by atoms with E-state index in [1.165, 1.54) is 12.1 Å². The molecule has 1 aromatic heterocycles. The Morgan fingerprint density at radius 2 is 1.69 bits per heavy atom. The lowest BCUT2D eigenvalue weighted by Gasteiger charge is -2.22. The molecule has 0 unspecified atom stereocenters. The van der Waals surface area contributed by atoms with Crippen LogP contribution in [0.5, 0.6) is 0 Å². The molecule has 3 aromatic rings. The SMILES string of the molecule is COC[C@H](Cc1ccccc1)NC[C@H](O)c1ccc(-c2ccc(C)cc2)nc1C(F)(F)F. The first-order valence-electron chi connectivity index (χ1n) is 10.4. The Bertz CT molecular complexity index is 992. The van der Waals surface area contributed by atoms with Crippen molar-refractivity contribution < 1.29 is 23.0 Å². The van der Waals surface area contributed by atoms with E-state index in [-0.39, 0.29) is 23.8 Å². The Labute approximate surface area is 186 Å². The Hall–Kier alpha value is -2.74. The van der Waals surface area contributed by atoms with Gasteiger partial charge >= 0.3 is 6.18 Å². The number of pyridine rings is 1. The molecular formula is C25H27F3N2O2. The van der Waals surface area contributed by atoms with E-state index in [0.29, 0.717) is 18.6 Å². The summed E-state index contributed by atoms with van der Waals surface area (Å²) in [6, 6.07) is 19.4. The van der Waals surface area contributed by atoms with Crippen molar-refractivity contribution in [3.05, 3.63) is 89.1 Å². The smallest absolute Gasteiger partial charge is 0.387 e. The lowest BCUT2D eigenvalue weighted by Crippen LogP contribution is -2.38. The van der Waals surface area contributed by atoms with E-state index < -0.39 is 18.0 Å². The lowest BCUT2D eigenvalue weighted by atomic mass is 10.0. The van der Waals surface area contributed by atoms with Crippen molar-refractivity contribution in [1.29, 1.82) is 0 Å². The zero-order valence-corrected chi connectivity index (χ0v) is 18.1. The van der Waals surface area contributed by atoms with Crippen molar-refractivity contribution in [1.82, 2.24) is 10.3 Å². The lowest BCUT2D eigenvalue weighted by molar-refractivity contribution is -0.142. The third-order valence-corrected chi connectivity index (χ3v) is 5.19. The molecule has 7 heteroatoms. The van der Waals surface area contributed by atoms with Crippen LogP contribution in [0.3, 0.4) is 0 Å². The van der Waals surface area contributed by atoms with E-state index >= 15 is 0 Å². The summed E-state index contributed by atoms with van der Waals surface area (Å²) < 4.78 is 46.5. The van der Waals surface area contributed by atoms with Crippen LogP contribution in [0.15, 0.2) is 66.7 Å². The first-order chi connectivity index (χ1) is 15.3. The Morgan fingerprint density at radius 1 is 1.00 bits per heavy atom. The van der Waals surface area contributed by atoms with Gasteiger partial charge in [0.1, 0.15) is 0 Å². The number of aryl methyl sites for hydroxylation is 1. The number of rotatable bonds is 9. The Morgan fingerprint density at radius 3 is 2.31 bits per heavy atom. The van der Waals surface area contributed by atoms with E-state index in [2.05, 4.69) is 10.3 Å². The Kier molecular flexibility index (Phi) is 8.01. The first kappa shape index (κ1) is 23.9. The number of aromatic nitrogens is 1. The third kappa shape index (κ3) is 6.38. The standard InChI is InChI=1S/C25H27F3N2O2/c1-17-8-10-19(11-9-17)22-13-12-21(24(30-22)25(26,27)28)23(31)15-29-20(16-32-2)14-18-6-4-3-5-7-18/h3-13,20,23,29,31H,14-16H2,1-2H3/t20-,23-/m0/s1. The molecule has 0 fully saturated rings. The average molecular weight is 444 g/mol. The van der Waals surface area contributed by atoms with E-state index in [4.69, 9.17) is 4.74 Å². The molecule has 1 heterocycles. The largest absolute Gasteiger partial charge is 0.433 e. The number of benzene rings is 2. The number of nitrogens with zero attached hydrogens (tertiary/aromatic N) is 1. The normalized spacial score (nSPS) is 13.7. The summed E-state index contributed by atoms with van der Waals surface area (Å²) in [5.74, 6) is 0. The van der Waals surface area contributed by atoms with Gasteiger partial charge in [0, 0.05) is 30.8 Å². The van der Waals surface area contributed by atoms with Crippen LogP contribution in [0.4, 0.5) is 13.2 Å². The molecule has 3 rings (SSSR count). The van der Waals surface area contributed by atoms with Crippen molar-refractivity contribution >= 4 is 0 Å². The fraction of sp³-hybridized carbons (Fsp3) is 0.320. The van der Waals surface area contributed by atoms with Gasteiger partial charge in [0.2, 0.25) is 0 Å². The molecule has 4 nitrogen and oxygen atoms in total. The molecule has 0 amide bonds. The third-order valence-electron chi connectivity index (χ3n) is 5.19. The van der Waals surface area contributed by atoms with E-state index in [9.17, 15) is 18.3 Å². The molecule has 0 aliphatic rings. The average Bonchev–Trinajstić information content (AvgIpc) is 2.77. The molecule has 0 spiro atoms. The van der Waals surface area contributed by atoms with Crippen LogP contribution >= 0.6 is 0 Å². The van der Waals surface area contributed by atoms with Crippen molar-refractivity contribution in [3.63, 3.8) is 0 Å². The number of alkyl halides is 3. The number of halogens is 3. The zero-order chi connectivity index (χ0) is 23.1. The van der Waals surface area contributed by atoms with Gasteiger partial charge in [-0.3, -0.25) is 0 Å². The summed E-state index contributed by atoms with van der Waals surface area (Å²) in [5.41, 5.74) is 1.54. The highest BCUT2D eigenvalue weighted by molar-refractivity contribution is 5.60. The van der Waals surface area contributed by atoms with Crippen LogP contribution < -0.4 is 5.32 Å². The molecule has 2 N–H and O–H groups in total. The highest BCUT2D eigenvalue weighted by Gasteiger charge is 2.37. The number of methoxy groups -OCH3 is 1. The summed E-state index contributed by atoms with van der Waals surface area (Å²) >= 11 is 0. The molecule has 0 aliphatic heterocycles. The first-order valence-corrected chi connectivity index (χ1v) is 10.4. The van der Waals surface area contributed by atoms with Crippen LogP contribution in [-0.2, 0) is 17.3 Å². The summed E-state index contributed by atoms with van der Waals surface area (Å²) in [4.78, 5) is 3.86. The molecule has 170 valence electrons. The van der Waals surface area contributed by atoms with Gasteiger partial charge in [0.05, 0.1) is 18.4 Å². The number of hydrogen-bond donors (Lipinski definition) is 2. The Balaban J connectivity index is 1.78. The second-order valence-electron chi connectivity index (χ2n) is 7.76. The molecule has 2 atom stereocenters. The van der Waals surface area contributed by atoms with E-state index in [1.54, 1.807) is 19.2 Å². The molecule has 0 bridgehead atoms. The molecule has 0 aliphatic carbocycles. The molecule has 0 saturated carbocycles. The summed E-state index contributed by atoms with van der Waals surface area (Å²) in [6.45, 7) is 2.20. The molecule has 2 aromatic carbocycles. The van der Waals surface area contributed by atoms with Crippen LogP contribution in [-0.4, -0.2) is 36.4 Å². The number of nitrogens with one attached hydrogen (secondary N) is 1. The minimum absolute atomic E-state index is 0.0600. The van der Waals surface area contributed by atoms with Gasteiger partial charge in [-0.15, -0.1) is 0 Å². The topological polar surface area (TPSA) is 54.4 Å². The van der Waals surface area contributed by atoms with Crippen molar-refractivity contribution in [2.75, 3.05) is 20.3 Å². The van der Waals surface area contributed by atoms with Crippen LogP contribution in [0, 0.1) is 6.92 Å². The second-order valence-corrected chi connectivity index (χ2v) is 7.76. The maximum Gasteiger partial charge on any atom is 0.433 e. The summed E-state index contributed by atoms with van der Waals surface area (Å²) in [6.07, 6.45) is -5.44. The zero-order valence-electron chi connectivity index (χ0n) is 18.1. The minimum Gasteiger partial charge on any atom is -0.387 e. The molecule has 0 saturated heterocycles. The number of ether oxygens (including phenoxy) is 1. The maximum absolute atomic E-state index is 13.8. The number of aliphatic hydroxyl groups is 1. The molecule has 0 radical (unpaired) electrons. The molecular weight excluding hydrogens is 417 g/mol. The fourth-order valence-corrected chi connectivity index (χ4v) is 3.53. The molecule has 32 heavy (non-hydrogen) atoms. The van der Waals surface area contributed by atoms with Gasteiger partial charge in [-0.1, -0.05) is 66.2 Å². The van der Waals surface area contributed by atoms with Crippen molar-refractivity contribution in [2.24, 2.45) is 0 Å². The van der Waals surface area contributed by atoms with Gasteiger partial charge in [0.15, 0.2) is 5.69 Å². The number of hydrogen-bond acceptors (Lipinski definition) is 4. The minimum atomic E-state index is -4.69. The van der Waals surface area contributed by atoms with Gasteiger partial charge in [-0.05, 0) is 25.0 Å². The van der Waals surface area contributed by atoms with Crippen LogP contribution in [0.25, 0.3) is 11.3 Å². The van der Waals surface area contributed by atoms with Gasteiger partial charge in [0.25, 0.3) is 0 Å². The maximum atomic E-state index is 13.8. The quantitative estimate of drug-likeness (QED) is 0.490. The van der Waals surface area contributed by atoms with Crippen molar-refractivity contribution in [3.8, 4) is 11.3 Å². The van der Waals surface area contributed by atoms with Crippen molar-refractivity contribution in [2.45, 2.75) is 31.7 Å². The highest BCUT2D eigenvalue weighted by Crippen LogP contribution is 2.35. The second kappa shape index (κ2) is 10.7.